The number of aromatic nitrogens is 2. The average Bonchev–Trinajstić information content (AvgIpc) is 3.38. The second kappa shape index (κ2) is 7.60. The summed E-state index contributed by atoms with van der Waals surface area (Å²) in [5.74, 6) is 1.37. The highest BCUT2D eigenvalue weighted by Crippen LogP contribution is 2.20. The van der Waals surface area contributed by atoms with Gasteiger partial charge in [-0.3, -0.25) is 9.48 Å². The summed E-state index contributed by atoms with van der Waals surface area (Å²) in [5, 5.41) is 8.42. The van der Waals surface area contributed by atoms with E-state index in [0.29, 0.717) is 12.1 Å². The Hall–Kier alpha value is -3.54. The number of fused-ring (bicyclic) bond motifs is 1. The molecule has 0 spiro atoms. The van der Waals surface area contributed by atoms with E-state index in [1.807, 2.05) is 66.3 Å². The molecule has 0 saturated carbocycles. The number of ether oxygens (including phenoxy) is 1. The van der Waals surface area contributed by atoms with E-state index in [1.54, 1.807) is 19.4 Å². The van der Waals surface area contributed by atoms with Crippen molar-refractivity contribution in [1.82, 2.24) is 15.1 Å². The van der Waals surface area contributed by atoms with Gasteiger partial charge in [-0.15, -0.1) is 0 Å². The molecule has 6 heteroatoms. The number of carbonyl (C=O) groups is 1. The van der Waals surface area contributed by atoms with Gasteiger partial charge >= 0.3 is 0 Å². The molecule has 1 amide bonds. The van der Waals surface area contributed by atoms with E-state index >= 15 is 0 Å². The number of nitrogens with zero attached hydrogens (tertiary/aromatic N) is 2. The maximum Gasteiger partial charge on any atom is 0.251 e. The molecule has 2 aromatic carbocycles. The van der Waals surface area contributed by atoms with Crippen LogP contribution in [0.25, 0.3) is 10.9 Å². The topological polar surface area (TPSA) is 69.3 Å². The molecule has 4 aromatic rings. The number of furan rings is 1. The van der Waals surface area contributed by atoms with Crippen molar-refractivity contribution in [1.29, 1.82) is 0 Å². The van der Waals surface area contributed by atoms with Crippen molar-refractivity contribution >= 4 is 16.8 Å². The number of amides is 1. The van der Waals surface area contributed by atoms with Crippen LogP contribution in [0.15, 0.2) is 71.5 Å². The zero-order valence-electron chi connectivity index (χ0n) is 15.8. The summed E-state index contributed by atoms with van der Waals surface area (Å²) in [7, 11) is 1.65. The van der Waals surface area contributed by atoms with Crippen molar-refractivity contribution in [3.05, 3.63) is 83.9 Å². The first-order valence-corrected chi connectivity index (χ1v) is 9.07. The molecule has 2 heterocycles. The van der Waals surface area contributed by atoms with Gasteiger partial charge in [0.1, 0.15) is 11.5 Å². The summed E-state index contributed by atoms with van der Waals surface area (Å²) in [4.78, 5) is 12.7. The Kier molecular flexibility index (Phi) is 4.85. The third kappa shape index (κ3) is 3.62. The SMILES string of the molecule is COc1cccc(Cn2ncc3ccc(C(=O)N[C@@H](C)c4ccco4)cc32)c1. The van der Waals surface area contributed by atoms with Gasteiger partial charge in [0.05, 0.1) is 37.7 Å². The van der Waals surface area contributed by atoms with Gasteiger partial charge in [0.25, 0.3) is 5.91 Å². The number of rotatable bonds is 6. The number of carbonyl (C=O) groups excluding carboxylic acids is 1. The fourth-order valence-electron chi connectivity index (χ4n) is 3.17. The van der Waals surface area contributed by atoms with Crippen LogP contribution in [0.1, 0.15) is 34.6 Å². The van der Waals surface area contributed by atoms with Crippen LogP contribution in [0, 0.1) is 0 Å². The van der Waals surface area contributed by atoms with Crippen molar-refractivity contribution in [2.45, 2.75) is 19.5 Å². The summed E-state index contributed by atoms with van der Waals surface area (Å²) in [6, 6.07) is 16.9. The van der Waals surface area contributed by atoms with E-state index in [1.165, 1.54) is 0 Å². The third-order valence-electron chi connectivity index (χ3n) is 4.69. The van der Waals surface area contributed by atoms with E-state index in [-0.39, 0.29) is 11.9 Å². The Bertz CT molecular complexity index is 1100. The molecule has 0 aliphatic rings. The standard InChI is InChI=1S/C22H21N3O3/c1-15(21-7-4-10-28-21)24-22(26)17-8-9-18-13-23-25(20(18)12-17)14-16-5-3-6-19(11-16)27-2/h3-13,15H,14H2,1-2H3,(H,24,26)/t15-/m0/s1. The number of benzene rings is 2. The van der Waals surface area contributed by atoms with E-state index in [2.05, 4.69) is 10.4 Å². The molecule has 0 fully saturated rings. The van der Waals surface area contributed by atoms with Crippen LogP contribution in [-0.2, 0) is 6.54 Å². The summed E-state index contributed by atoms with van der Waals surface area (Å²) in [5.41, 5.74) is 2.56. The first-order valence-electron chi connectivity index (χ1n) is 9.07. The number of hydrogen-bond acceptors (Lipinski definition) is 4. The van der Waals surface area contributed by atoms with Crippen LogP contribution in [-0.4, -0.2) is 22.8 Å². The van der Waals surface area contributed by atoms with Gasteiger partial charge in [-0.1, -0.05) is 18.2 Å². The normalized spacial score (nSPS) is 12.1. The molecule has 0 bridgehead atoms. The minimum Gasteiger partial charge on any atom is -0.497 e. The maximum atomic E-state index is 12.7. The highest BCUT2D eigenvalue weighted by molar-refractivity contribution is 5.98. The molecule has 142 valence electrons. The molecular formula is C22H21N3O3. The van der Waals surface area contributed by atoms with Crippen molar-refractivity contribution in [2.24, 2.45) is 0 Å². The van der Waals surface area contributed by atoms with E-state index in [4.69, 9.17) is 9.15 Å². The van der Waals surface area contributed by atoms with Crippen LogP contribution >= 0.6 is 0 Å². The molecule has 0 radical (unpaired) electrons. The predicted molar refractivity (Wildman–Crippen MR) is 106 cm³/mol. The van der Waals surface area contributed by atoms with Crippen LogP contribution in [0.5, 0.6) is 5.75 Å². The lowest BCUT2D eigenvalue weighted by molar-refractivity contribution is 0.0935. The highest BCUT2D eigenvalue weighted by atomic mass is 16.5. The second-order valence-corrected chi connectivity index (χ2v) is 6.64. The lowest BCUT2D eigenvalue weighted by atomic mass is 10.1. The van der Waals surface area contributed by atoms with Gasteiger partial charge in [-0.25, -0.2) is 0 Å². The Morgan fingerprint density at radius 2 is 2.11 bits per heavy atom. The van der Waals surface area contributed by atoms with Gasteiger partial charge in [-0.2, -0.15) is 5.10 Å². The monoisotopic (exact) mass is 375 g/mol. The second-order valence-electron chi connectivity index (χ2n) is 6.64. The summed E-state index contributed by atoms with van der Waals surface area (Å²) in [6.45, 7) is 2.48. The molecule has 1 N–H and O–H groups in total. The van der Waals surface area contributed by atoms with Gasteiger partial charge in [0.15, 0.2) is 0 Å². The first-order chi connectivity index (χ1) is 13.6. The Morgan fingerprint density at radius 3 is 2.89 bits per heavy atom. The molecule has 0 aliphatic heterocycles. The number of hydrogen-bond donors (Lipinski definition) is 1. The van der Waals surface area contributed by atoms with Gasteiger partial charge in [-0.05, 0) is 48.9 Å². The van der Waals surface area contributed by atoms with Crippen molar-refractivity contribution in [2.75, 3.05) is 7.11 Å². The van der Waals surface area contributed by atoms with Gasteiger partial charge in [0, 0.05) is 10.9 Å². The Balaban J connectivity index is 1.58. The molecule has 1 atom stereocenters. The molecule has 2 aromatic heterocycles. The molecular weight excluding hydrogens is 354 g/mol. The Labute approximate surface area is 162 Å². The summed E-state index contributed by atoms with van der Waals surface area (Å²) < 4.78 is 12.5. The van der Waals surface area contributed by atoms with E-state index < -0.39 is 0 Å². The minimum absolute atomic E-state index is 0.153. The average molecular weight is 375 g/mol. The van der Waals surface area contributed by atoms with Crippen molar-refractivity contribution in [3.8, 4) is 5.75 Å². The van der Waals surface area contributed by atoms with Crippen LogP contribution in [0.2, 0.25) is 0 Å². The molecule has 0 saturated heterocycles. The molecule has 4 rings (SSSR count). The molecule has 0 unspecified atom stereocenters. The fraction of sp³-hybridized carbons (Fsp3) is 0.182. The van der Waals surface area contributed by atoms with Crippen LogP contribution in [0.4, 0.5) is 0 Å². The van der Waals surface area contributed by atoms with Crippen LogP contribution < -0.4 is 10.1 Å². The number of nitrogens with one attached hydrogen (secondary N) is 1. The fourth-order valence-corrected chi connectivity index (χ4v) is 3.17. The predicted octanol–water partition coefficient (Wildman–Crippen LogP) is 4.18. The summed E-state index contributed by atoms with van der Waals surface area (Å²) in [6.07, 6.45) is 3.41. The molecule has 6 nitrogen and oxygen atoms in total. The van der Waals surface area contributed by atoms with Crippen LogP contribution in [0.3, 0.4) is 0 Å². The lowest BCUT2D eigenvalue weighted by Gasteiger charge is -2.12. The molecule has 0 aliphatic carbocycles. The highest BCUT2D eigenvalue weighted by Gasteiger charge is 2.15. The third-order valence-corrected chi connectivity index (χ3v) is 4.69. The minimum atomic E-state index is -0.208. The number of methoxy groups -OCH3 is 1. The Morgan fingerprint density at radius 1 is 1.21 bits per heavy atom. The zero-order valence-corrected chi connectivity index (χ0v) is 15.8. The summed E-state index contributed by atoms with van der Waals surface area (Å²) >= 11 is 0. The smallest absolute Gasteiger partial charge is 0.251 e. The molecule has 28 heavy (non-hydrogen) atoms. The quantitative estimate of drug-likeness (QED) is 0.549. The first kappa shape index (κ1) is 17.9. The van der Waals surface area contributed by atoms with Gasteiger partial charge < -0.3 is 14.5 Å². The lowest BCUT2D eigenvalue weighted by Crippen LogP contribution is -2.26. The van der Waals surface area contributed by atoms with Crippen molar-refractivity contribution in [3.63, 3.8) is 0 Å². The van der Waals surface area contributed by atoms with Gasteiger partial charge in [0.2, 0.25) is 0 Å². The van der Waals surface area contributed by atoms with E-state index in [9.17, 15) is 4.79 Å². The zero-order chi connectivity index (χ0) is 19.5. The van der Waals surface area contributed by atoms with E-state index in [0.717, 1.165) is 28.0 Å². The largest absolute Gasteiger partial charge is 0.497 e. The van der Waals surface area contributed by atoms with Crippen molar-refractivity contribution < 1.29 is 13.9 Å². The maximum absolute atomic E-state index is 12.7.